The van der Waals surface area contributed by atoms with Crippen molar-refractivity contribution in [3.05, 3.63) is 77.2 Å². The Balaban J connectivity index is 1.71. The number of halogens is 2. The van der Waals surface area contributed by atoms with E-state index in [1.165, 1.54) is 24.7 Å². The molecule has 2 aromatic carbocycles. The van der Waals surface area contributed by atoms with Gasteiger partial charge in [0, 0.05) is 16.6 Å². The predicted molar refractivity (Wildman–Crippen MR) is 103 cm³/mol. The summed E-state index contributed by atoms with van der Waals surface area (Å²) in [5.74, 6) is -0.387. The van der Waals surface area contributed by atoms with Crippen molar-refractivity contribution in [2.24, 2.45) is 0 Å². The minimum absolute atomic E-state index is 0.0265. The molecule has 0 radical (unpaired) electrons. The Morgan fingerprint density at radius 3 is 2.70 bits per heavy atom. The third kappa shape index (κ3) is 4.95. The van der Waals surface area contributed by atoms with E-state index in [1.807, 2.05) is 24.3 Å². The maximum absolute atomic E-state index is 14.0. The van der Waals surface area contributed by atoms with Gasteiger partial charge in [0.05, 0.1) is 6.20 Å². The summed E-state index contributed by atoms with van der Waals surface area (Å²) >= 11 is 5.97. The van der Waals surface area contributed by atoms with Crippen LogP contribution in [-0.2, 0) is 6.42 Å². The summed E-state index contributed by atoms with van der Waals surface area (Å²) < 4.78 is 19.1. The van der Waals surface area contributed by atoms with Crippen LogP contribution in [0.25, 0.3) is 11.1 Å². The lowest BCUT2D eigenvalue weighted by molar-refractivity contribution is 0.0906. The molecule has 1 N–H and O–H groups in total. The number of nitrogens with one attached hydrogen (secondary N) is 1. The third-order valence-electron chi connectivity index (χ3n) is 4.30. The van der Waals surface area contributed by atoms with Crippen molar-refractivity contribution in [3.8, 4) is 11.1 Å². The fourth-order valence-corrected chi connectivity index (χ4v) is 3.15. The first-order valence-corrected chi connectivity index (χ1v) is 9.18. The first-order valence-electron chi connectivity index (χ1n) is 8.80. The van der Waals surface area contributed by atoms with Crippen molar-refractivity contribution in [2.75, 3.05) is 0 Å². The normalized spacial score (nSPS) is 12.0. The molecular formula is C21H20ClFN2O2. The molecule has 1 atom stereocenters. The number of aromatic nitrogens is 1. The van der Waals surface area contributed by atoms with Crippen molar-refractivity contribution >= 4 is 17.5 Å². The second-order valence-corrected chi connectivity index (χ2v) is 6.79. The van der Waals surface area contributed by atoms with Gasteiger partial charge in [-0.05, 0) is 42.2 Å². The molecule has 0 saturated carbocycles. The number of amides is 1. The summed E-state index contributed by atoms with van der Waals surface area (Å²) in [6, 6.07) is 12.1. The van der Waals surface area contributed by atoms with Crippen LogP contribution in [0.4, 0.5) is 4.39 Å². The highest BCUT2D eigenvalue weighted by molar-refractivity contribution is 6.30. The highest BCUT2D eigenvalue weighted by atomic mass is 35.5. The largest absolute Gasteiger partial charge is 0.438 e. The van der Waals surface area contributed by atoms with Crippen molar-refractivity contribution in [2.45, 2.75) is 32.2 Å². The highest BCUT2D eigenvalue weighted by Crippen LogP contribution is 2.26. The fraction of sp³-hybridized carbons (Fsp3) is 0.238. The number of benzene rings is 2. The molecule has 1 amide bonds. The second-order valence-electron chi connectivity index (χ2n) is 6.35. The lowest BCUT2D eigenvalue weighted by Crippen LogP contribution is -2.36. The van der Waals surface area contributed by atoms with Crippen molar-refractivity contribution in [1.82, 2.24) is 10.3 Å². The zero-order chi connectivity index (χ0) is 19.2. The molecule has 3 rings (SSSR count). The molecule has 27 heavy (non-hydrogen) atoms. The van der Waals surface area contributed by atoms with E-state index in [4.69, 9.17) is 16.0 Å². The smallest absolute Gasteiger partial charge is 0.288 e. The van der Waals surface area contributed by atoms with Crippen LogP contribution in [0.1, 0.15) is 35.9 Å². The molecule has 3 aromatic rings. The Kier molecular flexibility index (Phi) is 6.24. The number of rotatable bonds is 7. The molecule has 0 aliphatic rings. The Bertz CT molecular complexity index is 895. The van der Waals surface area contributed by atoms with Crippen LogP contribution in [0, 0.1) is 5.82 Å². The van der Waals surface area contributed by atoms with Crippen LogP contribution in [0.2, 0.25) is 5.02 Å². The quantitative estimate of drug-likeness (QED) is 0.601. The molecule has 0 aliphatic carbocycles. The molecule has 4 nitrogen and oxygen atoms in total. The average Bonchev–Trinajstić information content (AvgIpc) is 3.19. The number of carbonyl (C=O) groups is 1. The first kappa shape index (κ1) is 19.1. The van der Waals surface area contributed by atoms with Gasteiger partial charge in [-0.1, -0.05) is 49.2 Å². The summed E-state index contributed by atoms with van der Waals surface area (Å²) in [4.78, 5) is 16.0. The fourth-order valence-electron chi connectivity index (χ4n) is 2.98. The average molecular weight is 387 g/mol. The molecule has 140 valence electrons. The van der Waals surface area contributed by atoms with Crippen LogP contribution >= 0.6 is 11.6 Å². The van der Waals surface area contributed by atoms with Gasteiger partial charge in [0.15, 0.2) is 6.39 Å². The second kappa shape index (κ2) is 8.82. The molecule has 1 aromatic heterocycles. The number of oxazole rings is 1. The summed E-state index contributed by atoms with van der Waals surface area (Å²) in [5.41, 5.74) is 2.28. The maximum atomic E-state index is 14.0. The Morgan fingerprint density at radius 2 is 2.04 bits per heavy atom. The molecule has 0 bridgehead atoms. The summed E-state index contributed by atoms with van der Waals surface area (Å²) in [7, 11) is 0. The molecule has 0 saturated heterocycles. The molecular weight excluding hydrogens is 367 g/mol. The number of carbonyl (C=O) groups excluding carboxylic acids is 1. The van der Waals surface area contributed by atoms with E-state index in [0.29, 0.717) is 17.0 Å². The van der Waals surface area contributed by atoms with Gasteiger partial charge in [-0.25, -0.2) is 9.37 Å². The van der Waals surface area contributed by atoms with Gasteiger partial charge < -0.3 is 9.73 Å². The van der Waals surface area contributed by atoms with Gasteiger partial charge in [-0.2, -0.15) is 0 Å². The lowest BCUT2D eigenvalue weighted by atomic mass is 9.98. The van der Waals surface area contributed by atoms with Crippen molar-refractivity contribution < 1.29 is 13.6 Å². The van der Waals surface area contributed by atoms with Gasteiger partial charge >= 0.3 is 0 Å². The van der Waals surface area contributed by atoms with Gasteiger partial charge in [0.25, 0.3) is 5.91 Å². The van der Waals surface area contributed by atoms with Gasteiger partial charge in [-0.3, -0.25) is 4.79 Å². The number of hydrogen-bond acceptors (Lipinski definition) is 3. The Morgan fingerprint density at radius 1 is 1.26 bits per heavy atom. The number of hydrogen-bond donors (Lipinski definition) is 1. The molecule has 0 spiro atoms. The number of nitrogens with zero attached hydrogens (tertiary/aromatic N) is 1. The van der Waals surface area contributed by atoms with E-state index >= 15 is 0 Å². The zero-order valence-electron chi connectivity index (χ0n) is 14.9. The van der Waals surface area contributed by atoms with E-state index in [9.17, 15) is 9.18 Å². The van der Waals surface area contributed by atoms with E-state index in [-0.39, 0.29) is 23.5 Å². The summed E-state index contributed by atoms with van der Waals surface area (Å²) in [6.45, 7) is 2.07. The first-order chi connectivity index (χ1) is 13.1. The topological polar surface area (TPSA) is 55.1 Å². The van der Waals surface area contributed by atoms with Crippen LogP contribution in [0.5, 0.6) is 0 Å². The minimum atomic E-state index is -0.310. The molecule has 0 aliphatic heterocycles. The van der Waals surface area contributed by atoms with Crippen LogP contribution < -0.4 is 5.32 Å². The van der Waals surface area contributed by atoms with E-state index in [0.717, 1.165) is 24.0 Å². The van der Waals surface area contributed by atoms with Crippen molar-refractivity contribution in [3.63, 3.8) is 0 Å². The zero-order valence-corrected chi connectivity index (χ0v) is 15.7. The predicted octanol–water partition coefficient (Wildman–Crippen LogP) is 5.28. The molecule has 0 unspecified atom stereocenters. The Labute approximate surface area is 162 Å². The van der Waals surface area contributed by atoms with Crippen LogP contribution in [-0.4, -0.2) is 16.9 Å². The standard InChI is InChI=1S/C21H20ClFN2O2/c1-2-3-17(25-21(26)20-12-24-13-27-20)10-14-4-6-15(7-5-14)18-11-16(22)8-9-19(18)23/h4-9,11-13,17H,2-3,10H2,1H3,(H,25,26)/t17-/m0/s1. The summed E-state index contributed by atoms with van der Waals surface area (Å²) in [6.07, 6.45) is 5.08. The monoisotopic (exact) mass is 386 g/mol. The molecule has 0 fully saturated rings. The highest BCUT2D eigenvalue weighted by Gasteiger charge is 2.16. The van der Waals surface area contributed by atoms with Crippen LogP contribution in [0.3, 0.4) is 0 Å². The molecule has 6 heteroatoms. The van der Waals surface area contributed by atoms with Gasteiger partial charge in [0.1, 0.15) is 5.82 Å². The van der Waals surface area contributed by atoms with Crippen LogP contribution in [0.15, 0.2) is 59.5 Å². The van der Waals surface area contributed by atoms with Crippen molar-refractivity contribution in [1.29, 1.82) is 0 Å². The SMILES string of the molecule is CCC[C@@H](Cc1ccc(-c2cc(Cl)ccc2F)cc1)NC(=O)c1cnco1. The maximum Gasteiger partial charge on any atom is 0.288 e. The third-order valence-corrected chi connectivity index (χ3v) is 4.54. The van der Waals surface area contributed by atoms with E-state index in [1.54, 1.807) is 6.07 Å². The summed E-state index contributed by atoms with van der Waals surface area (Å²) in [5, 5.41) is 3.48. The van der Waals surface area contributed by atoms with Gasteiger partial charge in [-0.15, -0.1) is 0 Å². The lowest BCUT2D eigenvalue weighted by Gasteiger charge is -2.18. The van der Waals surface area contributed by atoms with E-state index < -0.39 is 0 Å². The van der Waals surface area contributed by atoms with E-state index in [2.05, 4.69) is 17.2 Å². The van der Waals surface area contributed by atoms with Gasteiger partial charge in [0.2, 0.25) is 5.76 Å². The molecule has 1 heterocycles. The Hall–Kier alpha value is -2.66. The minimum Gasteiger partial charge on any atom is -0.438 e.